The van der Waals surface area contributed by atoms with Crippen molar-refractivity contribution in [1.82, 2.24) is 0 Å². The molecular formula is C13H13FN2O3S. The van der Waals surface area contributed by atoms with Gasteiger partial charge in [0.25, 0.3) is 0 Å². The lowest BCUT2D eigenvalue weighted by atomic mass is 10.3. The third-order valence-corrected chi connectivity index (χ3v) is 3.56. The highest BCUT2D eigenvalue weighted by Crippen LogP contribution is 2.26. The Bertz CT molecular complexity index is 615. The molecule has 0 spiro atoms. The summed E-state index contributed by atoms with van der Waals surface area (Å²) in [5, 5.41) is 13.7. The van der Waals surface area contributed by atoms with Gasteiger partial charge in [-0.2, -0.15) is 0 Å². The van der Waals surface area contributed by atoms with E-state index in [1.54, 1.807) is 25.1 Å². The molecule has 1 aromatic carbocycles. The minimum atomic E-state index is -0.436. The van der Waals surface area contributed by atoms with Crippen LogP contribution in [0.15, 0.2) is 30.3 Å². The Morgan fingerprint density at radius 2 is 2.20 bits per heavy atom. The lowest BCUT2D eigenvalue weighted by molar-refractivity contribution is -0.380. The summed E-state index contributed by atoms with van der Waals surface area (Å²) in [6.07, 6.45) is 0. The summed E-state index contributed by atoms with van der Waals surface area (Å²) in [6, 6.07) is 7.74. The van der Waals surface area contributed by atoms with Gasteiger partial charge in [-0.1, -0.05) is 11.3 Å². The van der Waals surface area contributed by atoms with Gasteiger partial charge in [0.05, 0.1) is 11.5 Å². The number of benzene rings is 1. The molecule has 20 heavy (non-hydrogen) atoms. The van der Waals surface area contributed by atoms with Crippen molar-refractivity contribution in [3.63, 3.8) is 0 Å². The fraction of sp³-hybridized carbons (Fsp3) is 0.231. The van der Waals surface area contributed by atoms with Crippen LogP contribution < -0.4 is 10.1 Å². The van der Waals surface area contributed by atoms with Crippen molar-refractivity contribution in [1.29, 1.82) is 0 Å². The number of ether oxygens (including phenoxy) is 1. The first kappa shape index (κ1) is 14.3. The van der Waals surface area contributed by atoms with Gasteiger partial charge < -0.3 is 10.1 Å². The highest BCUT2D eigenvalue weighted by molar-refractivity contribution is 7.15. The Morgan fingerprint density at radius 3 is 2.80 bits per heavy atom. The van der Waals surface area contributed by atoms with Gasteiger partial charge in [-0.15, -0.1) is 0 Å². The highest BCUT2D eigenvalue weighted by Gasteiger charge is 2.10. The Balaban J connectivity index is 1.99. The first-order chi connectivity index (χ1) is 9.60. The number of hydrogen-bond acceptors (Lipinski definition) is 5. The van der Waals surface area contributed by atoms with Crippen molar-refractivity contribution in [3.8, 4) is 5.75 Å². The number of nitrogens with one attached hydrogen (secondary N) is 1. The van der Waals surface area contributed by atoms with Crippen molar-refractivity contribution in [2.75, 3.05) is 11.9 Å². The fourth-order valence-corrected chi connectivity index (χ4v) is 2.39. The largest absolute Gasteiger partial charge is 0.491 e. The summed E-state index contributed by atoms with van der Waals surface area (Å²) >= 11 is 1.10. The van der Waals surface area contributed by atoms with Crippen LogP contribution in [0.5, 0.6) is 5.75 Å². The molecule has 0 aliphatic rings. The Kier molecular flexibility index (Phi) is 4.52. The molecule has 0 fully saturated rings. The van der Waals surface area contributed by atoms with Crippen molar-refractivity contribution < 1.29 is 14.1 Å². The molecule has 0 radical (unpaired) electrons. The van der Waals surface area contributed by atoms with Gasteiger partial charge in [-0.05, 0) is 25.1 Å². The van der Waals surface area contributed by atoms with Crippen molar-refractivity contribution in [2.24, 2.45) is 0 Å². The van der Waals surface area contributed by atoms with Crippen LogP contribution in [0, 0.1) is 15.9 Å². The number of nitro groups is 1. The first-order valence-electron chi connectivity index (χ1n) is 5.99. The summed E-state index contributed by atoms with van der Waals surface area (Å²) in [7, 11) is 0. The second-order valence-corrected chi connectivity index (χ2v) is 5.08. The molecule has 0 bridgehead atoms. The van der Waals surface area contributed by atoms with E-state index >= 15 is 0 Å². The van der Waals surface area contributed by atoms with E-state index in [-0.39, 0.29) is 10.8 Å². The molecule has 0 atom stereocenters. The highest BCUT2D eigenvalue weighted by atomic mass is 32.1. The topological polar surface area (TPSA) is 64.4 Å². The monoisotopic (exact) mass is 296 g/mol. The van der Waals surface area contributed by atoms with Gasteiger partial charge in [-0.25, -0.2) is 4.39 Å². The fourth-order valence-electron chi connectivity index (χ4n) is 1.63. The summed E-state index contributed by atoms with van der Waals surface area (Å²) in [6.45, 7) is 2.60. The van der Waals surface area contributed by atoms with E-state index < -0.39 is 10.7 Å². The van der Waals surface area contributed by atoms with E-state index in [2.05, 4.69) is 5.32 Å². The summed E-state index contributed by atoms with van der Waals surface area (Å²) in [5.41, 5.74) is 0.599. The predicted octanol–water partition coefficient (Wildman–Crippen LogP) is 3.81. The van der Waals surface area contributed by atoms with E-state index in [1.807, 2.05) is 0 Å². The molecule has 1 N–H and O–H groups in total. The van der Waals surface area contributed by atoms with Crippen LogP contribution >= 0.6 is 11.3 Å². The lowest BCUT2D eigenvalue weighted by Gasteiger charge is -2.08. The average molecular weight is 296 g/mol. The van der Waals surface area contributed by atoms with Gasteiger partial charge >= 0.3 is 5.00 Å². The zero-order valence-corrected chi connectivity index (χ0v) is 11.6. The first-order valence-corrected chi connectivity index (χ1v) is 6.81. The third kappa shape index (κ3) is 3.45. The van der Waals surface area contributed by atoms with Gasteiger partial charge in [0, 0.05) is 29.2 Å². The quantitative estimate of drug-likeness (QED) is 0.650. The summed E-state index contributed by atoms with van der Waals surface area (Å²) in [5.74, 6) is -0.223. The number of nitrogens with zero attached hydrogens (tertiary/aromatic N) is 1. The van der Waals surface area contributed by atoms with Gasteiger partial charge in [-0.3, -0.25) is 10.1 Å². The SMILES string of the molecule is CCOc1ccc(NCc2ccc([N+](=O)[O-])s2)cc1F. The maximum absolute atomic E-state index is 13.6. The molecule has 0 saturated heterocycles. The molecule has 106 valence electrons. The molecule has 1 heterocycles. The zero-order chi connectivity index (χ0) is 14.5. The number of halogens is 1. The van der Waals surface area contributed by atoms with E-state index in [1.165, 1.54) is 12.1 Å². The molecule has 0 amide bonds. The normalized spacial score (nSPS) is 10.3. The maximum Gasteiger partial charge on any atom is 0.324 e. The molecule has 7 heteroatoms. The predicted molar refractivity (Wildman–Crippen MR) is 75.9 cm³/mol. The van der Waals surface area contributed by atoms with Gasteiger partial charge in [0.2, 0.25) is 0 Å². The molecule has 1 aromatic heterocycles. The third-order valence-electron chi connectivity index (χ3n) is 2.53. The van der Waals surface area contributed by atoms with Crippen LogP contribution in [-0.2, 0) is 6.54 Å². The van der Waals surface area contributed by atoms with E-state index in [4.69, 9.17) is 4.74 Å². The number of anilines is 1. The molecule has 0 aliphatic heterocycles. The molecule has 5 nitrogen and oxygen atoms in total. The van der Waals surface area contributed by atoms with Crippen LogP contribution in [-0.4, -0.2) is 11.5 Å². The molecule has 0 aliphatic carbocycles. The molecular weight excluding hydrogens is 283 g/mol. The van der Waals surface area contributed by atoms with Crippen LogP contribution in [0.4, 0.5) is 15.1 Å². The van der Waals surface area contributed by atoms with Crippen LogP contribution in [0.2, 0.25) is 0 Å². The van der Waals surface area contributed by atoms with Crippen molar-refractivity contribution in [3.05, 3.63) is 51.1 Å². The van der Waals surface area contributed by atoms with Crippen LogP contribution in [0.25, 0.3) is 0 Å². The maximum atomic E-state index is 13.6. The number of rotatable bonds is 6. The smallest absolute Gasteiger partial charge is 0.324 e. The Labute approximate surface area is 119 Å². The number of thiophene rings is 1. The molecule has 0 unspecified atom stereocenters. The average Bonchev–Trinajstić information content (AvgIpc) is 2.88. The molecule has 2 aromatic rings. The summed E-state index contributed by atoms with van der Waals surface area (Å²) in [4.78, 5) is 10.9. The minimum absolute atomic E-state index is 0.0969. The van der Waals surface area contributed by atoms with Gasteiger partial charge in [0.1, 0.15) is 0 Å². The van der Waals surface area contributed by atoms with Crippen molar-refractivity contribution in [2.45, 2.75) is 13.5 Å². The van der Waals surface area contributed by atoms with E-state index in [0.29, 0.717) is 18.8 Å². The molecule has 0 saturated carbocycles. The van der Waals surface area contributed by atoms with Crippen molar-refractivity contribution >= 4 is 22.0 Å². The van der Waals surface area contributed by atoms with E-state index in [9.17, 15) is 14.5 Å². The Morgan fingerprint density at radius 1 is 1.40 bits per heavy atom. The van der Waals surface area contributed by atoms with E-state index in [0.717, 1.165) is 16.2 Å². The summed E-state index contributed by atoms with van der Waals surface area (Å²) < 4.78 is 18.7. The lowest BCUT2D eigenvalue weighted by Crippen LogP contribution is -1.99. The van der Waals surface area contributed by atoms with Crippen LogP contribution in [0.3, 0.4) is 0 Å². The second kappa shape index (κ2) is 6.33. The van der Waals surface area contributed by atoms with Gasteiger partial charge in [0.15, 0.2) is 11.6 Å². The standard InChI is InChI=1S/C13H13FN2O3S/c1-2-19-12-5-3-9(7-11(12)14)15-8-10-4-6-13(20-10)16(17)18/h3-7,15H,2,8H2,1H3. The number of hydrogen-bond donors (Lipinski definition) is 1. The van der Waals surface area contributed by atoms with Crippen LogP contribution in [0.1, 0.15) is 11.8 Å². The molecule has 2 rings (SSSR count). The Hall–Kier alpha value is -2.15. The minimum Gasteiger partial charge on any atom is -0.491 e. The second-order valence-electron chi connectivity index (χ2n) is 3.93. The zero-order valence-electron chi connectivity index (χ0n) is 10.8.